The van der Waals surface area contributed by atoms with Gasteiger partial charge in [0, 0.05) is 19.9 Å². The third-order valence-corrected chi connectivity index (χ3v) is 1.61. The molecule has 0 radical (unpaired) electrons. The van der Waals surface area contributed by atoms with Crippen LogP contribution in [0.2, 0.25) is 0 Å². The lowest BCUT2D eigenvalue weighted by molar-refractivity contribution is 0.292. The zero-order chi connectivity index (χ0) is 8.97. The third-order valence-electron chi connectivity index (χ3n) is 1.61. The number of benzene rings is 1. The molecule has 3 nitrogen and oxygen atoms in total. The highest BCUT2D eigenvalue weighted by atomic mass is 16.6. The summed E-state index contributed by atoms with van der Waals surface area (Å²) in [6.07, 6.45) is 0. The van der Waals surface area contributed by atoms with Crippen LogP contribution in [0.1, 0.15) is 0 Å². The largest absolute Gasteiger partial charge is 0.493 e. The van der Waals surface area contributed by atoms with Gasteiger partial charge in [0.2, 0.25) is 0 Å². The van der Waals surface area contributed by atoms with Crippen LogP contribution < -0.4 is 11.2 Å². The minimum Gasteiger partial charge on any atom is -0.410 e. The second-order valence-corrected chi connectivity index (χ2v) is 2.47. The minimum atomic E-state index is -0.325. The van der Waals surface area contributed by atoms with E-state index in [-0.39, 0.29) is 7.12 Å². The van der Waals surface area contributed by atoms with Crippen molar-refractivity contribution in [1.29, 1.82) is 0 Å². The Balaban J connectivity index is 2.85. The summed E-state index contributed by atoms with van der Waals surface area (Å²) < 4.78 is 10.1. The molecule has 0 spiro atoms. The van der Waals surface area contributed by atoms with Gasteiger partial charge in [-0.1, -0.05) is 12.1 Å². The van der Waals surface area contributed by atoms with E-state index in [0.29, 0.717) is 5.69 Å². The van der Waals surface area contributed by atoms with Gasteiger partial charge in [-0.2, -0.15) is 0 Å². The van der Waals surface area contributed by atoms with E-state index < -0.39 is 0 Å². The van der Waals surface area contributed by atoms with Gasteiger partial charge in [-0.05, 0) is 17.6 Å². The van der Waals surface area contributed by atoms with E-state index in [1.54, 1.807) is 14.2 Å². The van der Waals surface area contributed by atoms with Gasteiger partial charge in [0.15, 0.2) is 0 Å². The molecule has 0 bridgehead atoms. The lowest BCUT2D eigenvalue weighted by atomic mass is 9.79. The first-order chi connectivity index (χ1) is 5.77. The summed E-state index contributed by atoms with van der Waals surface area (Å²) in [7, 11) is 2.86. The first kappa shape index (κ1) is 9.10. The number of nitrogen functional groups attached to an aromatic ring is 1. The second kappa shape index (κ2) is 4.14. The SMILES string of the molecule is COB(OC)c1cccc(N)c1. The zero-order valence-electron chi connectivity index (χ0n) is 7.28. The lowest BCUT2D eigenvalue weighted by Gasteiger charge is -2.08. The van der Waals surface area contributed by atoms with Crippen molar-refractivity contribution < 1.29 is 9.31 Å². The van der Waals surface area contributed by atoms with Crippen molar-refractivity contribution in [2.24, 2.45) is 0 Å². The highest BCUT2D eigenvalue weighted by molar-refractivity contribution is 6.61. The first-order valence-corrected chi connectivity index (χ1v) is 3.69. The highest BCUT2D eigenvalue weighted by Crippen LogP contribution is 1.98. The van der Waals surface area contributed by atoms with Crippen LogP contribution in [0, 0.1) is 0 Å². The highest BCUT2D eigenvalue weighted by Gasteiger charge is 2.17. The molecule has 2 N–H and O–H groups in total. The van der Waals surface area contributed by atoms with Crippen molar-refractivity contribution in [3.63, 3.8) is 0 Å². The Bertz CT molecular complexity index is 251. The van der Waals surface area contributed by atoms with E-state index in [1.807, 2.05) is 24.3 Å². The predicted octanol–water partition coefficient (Wildman–Crippen LogP) is 0.257. The molecule has 1 rings (SSSR count). The van der Waals surface area contributed by atoms with E-state index in [1.165, 1.54) is 0 Å². The molecule has 4 heteroatoms. The molecule has 1 aromatic rings. The molecule has 1 aromatic carbocycles. The van der Waals surface area contributed by atoms with Crippen LogP contribution in [0.15, 0.2) is 24.3 Å². The summed E-state index contributed by atoms with van der Waals surface area (Å²) in [6.45, 7) is 0. The van der Waals surface area contributed by atoms with E-state index in [9.17, 15) is 0 Å². The molecule has 0 aliphatic carbocycles. The lowest BCUT2D eigenvalue weighted by Crippen LogP contribution is -2.34. The van der Waals surface area contributed by atoms with Crippen LogP contribution in [0.3, 0.4) is 0 Å². The standard InChI is InChI=1S/C8H12BNO2/c1-11-9(12-2)7-4-3-5-8(10)6-7/h3-6H,10H2,1-2H3. The molecule has 64 valence electrons. The Hall–Kier alpha value is -0.995. The fourth-order valence-electron chi connectivity index (χ4n) is 1.07. The molecule has 0 amide bonds. The normalized spacial score (nSPS) is 9.83. The predicted molar refractivity (Wildman–Crippen MR) is 50.3 cm³/mol. The topological polar surface area (TPSA) is 44.5 Å². The molecule has 0 heterocycles. The van der Waals surface area contributed by atoms with Gasteiger partial charge in [0.05, 0.1) is 0 Å². The number of rotatable bonds is 3. The maximum absolute atomic E-state index is 5.59. The Kier molecular flexibility index (Phi) is 3.14. The van der Waals surface area contributed by atoms with E-state index in [2.05, 4.69) is 0 Å². The van der Waals surface area contributed by atoms with Crippen LogP contribution in [0.25, 0.3) is 0 Å². The van der Waals surface area contributed by atoms with Crippen molar-refractivity contribution in [3.05, 3.63) is 24.3 Å². The average Bonchev–Trinajstić information content (AvgIpc) is 2.07. The molecule has 0 aliphatic heterocycles. The Morgan fingerprint density at radius 3 is 2.42 bits per heavy atom. The molecular weight excluding hydrogens is 153 g/mol. The molecule has 0 aromatic heterocycles. The Morgan fingerprint density at radius 1 is 1.25 bits per heavy atom. The van der Waals surface area contributed by atoms with Crippen LogP contribution in [0.5, 0.6) is 0 Å². The van der Waals surface area contributed by atoms with Crippen molar-refractivity contribution in [2.75, 3.05) is 20.0 Å². The quantitative estimate of drug-likeness (QED) is 0.515. The molecular formula is C8H12BNO2. The van der Waals surface area contributed by atoms with E-state index in [4.69, 9.17) is 15.0 Å². The van der Waals surface area contributed by atoms with Gasteiger partial charge in [0.1, 0.15) is 0 Å². The molecule has 12 heavy (non-hydrogen) atoms. The van der Waals surface area contributed by atoms with Gasteiger partial charge in [-0.25, -0.2) is 0 Å². The monoisotopic (exact) mass is 165 g/mol. The molecule has 0 saturated heterocycles. The van der Waals surface area contributed by atoms with Crippen LogP contribution in [-0.2, 0) is 9.31 Å². The summed E-state index contributed by atoms with van der Waals surface area (Å²) in [5.41, 5.74) is 7.24. The summed E-state index contributed by atoms with van der Waals surface area (Å²) >= 11 is 0. The van der Waals surface area contributed by atoms with E-state index in [0.717, 1.165) is 5.46 Å². The van der Waals surface area contributed by atoms with Gasteiger partial charge in [0.25, 0.3) is 0 Å². The van der Waals surface area contributed by atoms with E-state index >= 15 is 0 Å². The fraction of sp³-hybridized carbons (Fsp3) is 0.250. The second-order valence-electron chi connectivity index (χ2n) is 2.47. The van der Waals surface area contributed by atoms with Crippen molar-refractivity contribution in [2.45, 2.75) is 0 Å². The molecule has 0 saturated carbocycles. The third kappa shape index (κ3) is 2.00. The van der Waals surface area contributed by atoms with Crippen molar-refractivity contribution in [3.8, 4) is 0 Å². The zero-order valence-corrected chi connectivity index (χ0v) is 7.28. The number of hydrogen-bond acceptors (Lipinski definition) is 3. The van der Waals surface area contributed by atoms with Crippen molar-refractivity contribution >= 4 is 18.3 Å². The fourth-order valence-corrected chi connectivity index (χ4v) is 1.07. The van der Waals surface area contributed by atoms with Gasteiger partial charge in [-0.3, -0.25) is 0 Å². The van der Waals surface area contributed by atoms with Crippen molar-refractivity contribution in [1.82, 2.24) is 0 Å². The summed E-state index contributed by atoms with van der Waals surface area (Å²) in [5.74, 6) is 0. The maximum atomic E-state index is 5.59. The van der Waals surface area contributed by atoms with Crippen LogP contribution in [-0.4, -0.2) is 21.3 Å². The van der Waals surface area contributed by atoms with Crippen LogP contribution in [0.4, 0.5) is 5.69 Å². The Labute approximate surface area is 72.6 Å². The Morgan fingerprint density at radius 2 is 1.92 bits per heavy atom. The number of nitrogens with two attached hydrogens (primary N) is 1. The molecule has 0 aliphatic rings. The summed E-state index contributed by atoms with van der Waals surface area (Å²) in [4.78, 5) is 0. The van der Waals surface area contributed by atoms with Gasteiger partial charge >= 0.3 is 7.12 Å². The number of anilines is 1. The summed E-state index contributed by atoms with van der Waals surface area (Å²) in [6, 6.07) is 7.44. The first-order valence-electron chi connectivity index (χ1n) is 3.69. The minimum absolute atomic E-state index is 0.325. The smallest absolute Gasteiger partial charge is 0.410 e. The molecule has 0 fully saturated rings. The van der Waals surface area contributed by atoms with Gasteiger partial charge in [-0.15, -0.1) is 0 Å². The summed E-state index contributed by atoms with van der Waals surface area (Å²) in [5, 5.41) is 0. The number of hydrogen-bond donors (Lipinski definition) is 1. The maximum Gasteiger partial charge on any atom is 0.493 e. The molecule has 0 unspecified atom stereocenters. The van der Waals surface area contributed by atoms with Gasteiger partial charge < -0.3 is 15.0 Å². The average molecular weight is 165 g/mol. The van der Waals surface area contributed by atoms with Crippen LogP contribution >= 0.6 is 0 Å². The molecule has 0 atom stereocenters.